The fraction of sp³-hybridized carbons (Fsp3) is 0.333. The van der Waals surface area contributed by atoms with Crippen molar-refractivity contribution in [3.8, 4) is 0 Å². The van der Waals surface area contributed by atoms with Gasteiger partial charge >= 0.3 is 0 Å². The largest absolute Gasteiger partial charge is 0.387 e. The summed E-state index contributed by atoms with van der Waals surface area (Å²) in [4.78, 5) is 11.4. The Bertz CT molecular complexity index is 821. The summed E-state index contributed by atoms with van der Waals surface area (Å²) in [6.45, 7) is 9.44. The molecule has 3 rings (SSSR count). The number of amidine groups is 2. The second-order valence-corrected chi connectivity index (χ2v) is 7.15. The Kier molecular flexibility index (Phi) is 5.62. The zero-order chi connectivity index (χ0) is 18.7. The van der Waals surface area contributed by atoms with Gasteiger partial charge in [-0.3, -0.25) is 9.98 Å². The van der Waals surface area contributed by atoms with E-state index in [1.54, 1.807) is 6.08 Å². The first-order chi connectivity index (χ1) is 12.5. The van der Waals surface area contributed by atoms with E-state index < -0.39 is 0 Å². The minimum atomic E-state index is 0.356. The Morgan fingerprint density at radius 3 is 2.92 bits per heavy atom. The van der Waals surface area contributed by atoms with Crippen molar-refractivity contribution in [1.29, 1.82) is 0 Å². The molecule has 2 N–H and O–H groups in total. The summed E-state index contributed by atoms with van der Waals surface area (Å²) in [7, 11) is 0. The van der Waals surface area contributed by atoms with Gasteiger partial charge in [0, 0.05) is 23.2 Å². The third kappa shape index (κ3) is 3.91. The molecule has 1 atom stereocenters. The Morgan fingerprint density at radius 1 is 1.46 bits per heavy atom. The van der Waals surface area contributed by atoms with E-state index in [0.717, 1.165) is 36.4 Å². The number of allylic oxidation sites excluding steroid dienone is 6. The van der Waals surface area contributed by atoms with E-state index in [1.165, 1.54) is 11.1 Å². The van der Waals surface area contributed by atoms with Gasteiger partial charge in [0.15, 0.2) is 0 Å². The number of dihydropyridines is 1. The molecule has 3 aliphatic rings. The summed E-state index contributed by atoms with van der Waals surface area (Å²) in [6, 6.07) is 0.356. The summed E-state index contributed by atoms with van der Waals surface area (Å²) >= 11 is 6.21. The first-order valence-electron chi connectivity index (χ1n) is 8.90. The molecular formula is C21H25ClN4. The monoisotopic (exact) mass is 368 g/mol. The number of nitrogens with two attached hydrogens (primary N) is 1. The van der Waals surface area contributed by atoms with E-state index in [4.69, 9.17) is 22.3 Å². The fourth-order valence-electron chi connectivity index (χ4n) is 3.28. The minimum absolute atomic E-state index is 0.356. The van der Waals surface area contributed by atoms with Gasteiger partial charge in [0.1, 0.15) is 5.84 Å². The topological polar surface area (TPSA) is 54.0 Å². The molecule has 1 unspecified atom stereocenters. The van der Waals surface area contributed by atoms with Gasteiger partial charge in [-0.05, 0) is 49.1 Å². The van der Waals surface area contributed by atoms with Crippen LogP contribution in [0.25, 0.3) is 0 Å². The Morgan fingerprint density at radius 2 is 2.27 bits per heavy atom. The van der Waals surface area contributed by atoms with Crippen LogP contribution in [-0.2, 0) is 0 Å². The third-order valence-electron chi connectivity index (χ3n) is 4.73. The van der Waals surface area contributed by atoms with Gasteiger partial charge in [-0.25, -0.2) is 0 Å². The molecule has 0 amide bonds. The molecular weight excluding hydrogens is 344 g/mol. The predicted molar refractivity (Wildman–Crippen MR) is 111 cm³/mol. The molecule has 26 heavy (non-hydrogen) atoms. The number of nitrogens with zero attached hydrogens (tertiary/aromatic N) is 3. The lowest BCUT2D eigenvalue weighted by molar-refractivity contribution is 0.468. The van der Waals surface area contributed by atoms with Crippen molar-refractivity contribution in [1.82, 2.24) is 4.90 Å². The summed E-state index contributed by atoms with van der Waals surface area (Å²) < 4.78 is 0. The maximum Gasteiger partial charge on any atom is 0.135 e. The zero-order valence-corrected chi connectivity index (χ0v) is 16.1. The lowest BCUT2D eigenvalue weighted by atomic mass is 9.94. The van der Waals surface area contributed by atoms with Crippen molar-refractivity contribution in [2.24, 2.45) is 15.7 Å². The molecule has 4 nitrogen and oxygen atoms in total. The summed E-state index contributed by atoms with van der Waals surface area (Å²) in [5, 5.41) is 0.619. The van der Waals surface area contributed by atoms with Crippen LogP contribution < -0.4 is 5.73 Å². The van der Waals surface area contributed by atoms with Gasteiger partial charge in [0.05, 0.1) is 25.0 Å². The van der Waals surface area contributed by atoms with Crippen LogP contribution in [0.2, 0.25) is 0 Å². The van der Waals surface area contributed by atoms with Crippen LogP contribution in [0.15, 0.2) is 80.5 Å². The molecule has 3 heterocycles. The molecule has 0 aromatic carbocycles. The molecule has 0 radical (unpaired) electrons. The van der Waals surface area contributed by atoms with Crippen molar-refractivity contribution >= 4 is 23.3 Å². The van der Waals surface area contributed by atoms with Crippen molar-refractivity contribution in [3.63, 3.8) is 0 Å². The molecule has 136 valence electrons. The Hall–Kier alpha value is -2.33. The average molecular weight is 369 g/mol. The van der Waals surface area contributed by atoms with Crippen LogP contribution in [0.5, 0.6) is 0 Å². The second kappa shape index (κ2) is 7.92. The number of aliphatic imine (C=N–C) groups is 2. The van der Waals surface area contributed by atoms with E-state index in [9.17, 15) is 0 Å². The average Bonchev–Trinajstić information content (AvgIpc) is 3.02. The molecule has 5 heteroatoms. The van der Waals surface area contributed by atoms with Crippen molar-refractivity contribution < 1.29 is 0 Å². The van der Waals surface area contributed by atoms with Crippen LogP contribution in [0.4, 0.5) is 0 Å². The van der Waals surface area contributed by atoms with Crippen LogP contribution in [0.3, 0.4) is 0 Å². The SMILES string of the molecule is C=CC(Cl)=CC(=CC)C1=CC(CC2=CCC(N)=NC2)=CN2C1=NCC2C. The zero-order valence-electron chi connectivity index (χ0n) is 15.4. The van der Waals surface area contributed by atoms with Crippen molar-refractivity contribution in [2.75, 3.05) is 13.1 Å². The lowest BCUT2D eigenvalue weighted by Gasteiger charge is -2.29. The fourth-order valence-corrected chi connectivity index (χ4v) is 3.40. The van der Waals surface area contributed by atoms with Gasteiger partial charge in [-0.15, -0.1) is 0 Å². The molecule has 3 aliphatic heterocycles. The summed E-state index contributed by atoms with van der Waals surface area (Å²) in [5.41, 5.74) is 10.5. The van der Waals surface area contributed by atoms with Crippen LogP contribution in [0.1, 0.15) is 26.7 Å². The molecule has 0 aromatic rings. The molecule has 0 bridgehead atoms. The van der Waals surface area contributed by atoms with Crippen molar-refractivity contribution in [2.45, 2.75) is 32.7 Å². The molecule has 0 saturated carbocycles. The normalized spacial score (nSPS) is 23.6. The molecule has 0 spiro atoms. The van der Waals surface area contributed by atoms with Crippen LogP contribution in [0, 0.1) is 0 Å². The Labute approximate surface area is 160 Å². The van der Waals surface area contributed by atoms with Gasteiger partial charge in [0.25, 0.3) is 0 Å². The van der Waals surface area contributed by atoms with E-state index >= 15 is 0 Å². The van der Waals surface area contributed by atoms with E-state index in [1.807, 2.05) is 13.0 Å². The number of rotatable bonds is 5. The Balaban J connectivity index is 1.93. The first kappa shape index (κ1) is 18.5. The van der Waals surface area contributed by atoms with E-state index in [-0.39, 0.29) is 0 Å². The van der Waals surface area contributed by atoms with Crippen LogP contribution in [-0.4, -0.2) is 35.7 Å². The van der Waals surface area contributed by atoms with E-state index in [2.05, 4.69) is 47.8 Å². The highest BCUT2D eigenvalue weighted by Crippen LogP contribution is 2.31. The smallest absolute Gasteiger partial charge is 0.135 e. The maximum absolute atomic E-state index is 6.21. The molecule has 0 fully saturated rings. The van der Waals surface area contributed by atoms with Gasteiger partial charge < -0.3 is 10.6 Å². The highest BCUT2D eigenvalue weighted by molar-refractivity contribution is 6.31. The van der Waals surface area contributed by atoms with E-state index in [0.29, 0.717) is 23.5 Å². The standard InChI is InChI=1S/C21H25ClN4/c1-4-17(10-18(22)5-2)19-9-16(8-15-6-7-20(23)24-12-15)13-26-14(3)11-25-21(19)26/h4-6,9-10,13-14H,2,7-8,11-12H2,1,3H3,(H2,23,24). The number of fused-ring (bicyclic) bond motifs is 1. The van der Waals surface area contributed by atoms with Gasteiger partial charge in [-0.1, -0.05) is 36.4 Å². The van der Waals surface area contributed by atoms with Crippen molar-refractivity contribution in [3.05, 3.63) is 70.5 Å². The molecule has 0 saturated heterocycles. The summed E-state index contributed by atoms with van der Waals surface area (Å²) in [6.07, 6.45) is 13.9. The lowest BCUT2D eigenvalue weighted by Crippen LogP contribution is -2.33. The maximum atomic E-state index is 6.21. The first-order valence-corrected chi connectivity index (χ1v) is 9.28. The number of hydrogen-bond donors (Lipinski definition) is 1. The van der Waals surface area contributed by atoms with Crippen LogP contribution >= 0.6 is 11.6 Å². The summed E-state index contributed by atoms with van der Waals surface area (Å²) in [5.74, 6) is 1.73. The highest BCUT2D eigenvalue weighted by atomic mass is 35.5. The number of hydrogen-bond acceptors (Lipinski definition) is 4. The quantitative estimate of drug-likeness (QED) is 0.582. The van der Waals surface area contributed by atoms with Gasteiger partial charge in [0.2, 0.25) is 0 Å². The number of halogens is 1. The predicted octanol–water partition coefficient (Wildman–Crippen LogP) is 4.25. The third-order valence-corrected chi connectivity index (χ3v) is 4.99. The van der Waals surface area contributed by atoms with Gasteiger partial charge in [-0.2, -0.15) is 0 Å². The second-order valence-electron chi connectivity index (χ2n) is 6.71. The highest BCUT2D eigenvalue weighted by Gasteiger charge is 2.29. The molecule has 0 aromatic heterocycles. The minimum Gasteiger partial charge on any atom is -0.387 e. The molecule has 0 aliphatic carbocycles.